The van der Waals surface area contributed by atoms with E-state index in [4.69, 9.17) is 5.11 Å². The number of carbonyl (C=O) groups is 1. The van der Waals surface area contributed by atoms with Gasteiger partial charge in [0.15, 0.2) is 0 Å². The third-order valence-corrected chi connectivity index (χ3v) is 2.40. The maximum absolute atomic E-state index is 10.4. The molecule has 0 aliphatic carbocycles. The van der Waals surface area contributed by atoms with Gasteiger partial charge in [-0.05, 0) is 30.0 Å². The molecule has 3 N–H and O–H groups in total. The molecule has 4 heteroatoms. The summed E-state index contributed by atoms with van der Waals surface area (Å²) < 4.78 is 0. The summed E-state index contributed by atoms with van der Waals surface area (Å²) in [6, 6.07) is 3.02. The first-order chi connectivity index (χ1) is 7.41. The molecule has 0 bridgehead atoms. The number of benzene rings is 1. The zero-order chi connectivity index (χ0) is 12.3. The van der Waals surface area contributed by atoms with Crippen LogP contribution < -0.4 is 0 Å². The van der Waals surface area contributed by atoms with E-state index >= 15 is 0 Å². The molecule has 1 aromatic rings. The topological polar surface area (TPSA) is 77.8 Å². The molecular weight excluding hydrogens is 208 g/mol. The van der Waals surface area contributed by atoms with Gasteiger partial charge >= 0.3 is 5.97 Å². The Hall–Kier alpha value is -1.71. The highest BCUT2D eigenvalue weighted by molar-refractivity contribution is 5.67. The summed E-state index contributed by atoms with van der Waals surface area (Å²) in [4.78, 5) is 10.4. The highest BCUT2D eigenvalue weighted by Gasteiger charge is 2.13. The lowest BCUT2D eigenvalue weighted by atomic mass is 9.97. The van der Waals surface area contributed by atoms with Gasteiger partial charge in [0.05, 0.1) is 0 Å². The number of aryl methyl sites for hydroxylation is 1. The lowest BCUT2D eigenvalue weighted by molar-refractivity contribution is -0.136. The highest BCUT2D eigenvalue weighted by Crippen LogP contribution is 2.35. The second-order valence-corrected chi connectivity index (χ2v) is 4.10. The van der Waals surface area contributed by atoms with E-state index in [0.717, 1.165) is 0 Å². The molecule has 88 valence electrons. The van der Waals surface area contributed by atoms with Crippen molar-refractivity contribution in [1.82, 2.24) is 0 Å². The highest BCUT2D eigenvalue weighted by atomic mass is 16.4. The van der Waals surface area contributed by atoms with Gasteiger partial charge < -0.3 is 15.3 Å². The molecule has 0 aromatic heterocycles. The molecular formula is C12H16O4. The fourth-order valence-corrected chi connectivity index (χ4v) is 1.67. The van der Waals surface area contributed by atoms with E-state index in [1.807, 2.05) is 13.8 Å². The molecule has 0 heterocycles. The van der Waals surface area contributed by atoms with Gasteiger partial charge in [0.1, 0.15) is 11.5 Å². The van der Waals surface area contributed by atoms with Crippen LogP contribution in [0, 0.1) is 0 Å². The average molecular weight is 224 g/mol. The molecule has 0 aliphatic rings. The molecule has 1 rings (SSSR count). The van der Waals surface area contributed by atoms with Gasteiger partial charge in [-0.2, -0.15) is 0 Å². The van der Waals surface area contributed by atoms with Crippen LogP contribution in [0.1, 0.15) is 37.3 Å². The van der Waals surface area contributed by atoms with Crippen LogP contribution in [-0.4, -0.2) is 21.3 Å². The van der Waals surface area contributed by atoms with Crippen molar-refractivity contribution in [3.8, 4) is 11.5 Å². The maximum Gasteiger partial charge on any atom is 0.303 e. The summed E-state index contributed by atoms with van der Waals surface area (Å²) in [7, 11) is 0. The van der Waals surface area contributed by atoms with Crippen LogP contribution in [0.15, 0.2) is 12.1 Å². The van der Waals surface area contributed by atoms with Crippen molar-refractivity contribution in [3.63, 3.8) is 0 Å². The van der Waals surface area contributed by atoms with E-state index in [2.05, 4.69) is 0 Å². The van der Waals surface area contributed by atoms with Gasteiger partial charge in [-0.3, -0.25) is 4.79 Å². The standard InChI is InChI=1S/C12H16O4/c1-7(2)12-9(13)5-8(6-10(12)14)3-4-11(15)16/h5-7,13-14H,3-4H2,1-2H3,(H,15,16). The molecule has 0 unspecified atom stereocenters. The molecule has 4 nitrogen and oxygen atoms in total. The van der Waals surface area contributed by atoms with E-state index in [1.54, 1.807) is 0 Å². The molecule has 0 amide bonds. The molecule has 0 aliphatic heterocycles. The van der Waals surface area contributed by atoms with Crippen molar-refractivity contribution in [2.75, 3.05) is 0 Å². The van der Waals surface area contributed by atoms with E-state index in [-0.39, 0.29) is 23.8 Å². The monoisotopic (exact) mass is 224 g/mol. The Labute approximate surface area is 94.2 Å². The number of rotatable bonds is 4. The summed E-state index contributed by atoms with van der Waals surface area (Å²) >= 11 is 0. The van der Waals surface area contributed by atoms with Gasteiger partial charge in [-0.15, -0.1) is 0 Å². The minimum Gasteiger partial charge on any atom is -0.508 e. The van der Waals surface area contributed by atoms with Crippen LogP contribution >= 0.6 is 0 Å². The Morgan fingerprint density at radius 1 is 1.25 bits per heavy atom. The fraction of sp³-hybridized carbons (Fsp3) is 0.417. The number of aliphatic carboxylic acids is 1. The number of carboxylic acid groups (broad SMARTS) is 1. The Bertz CT molecular complexity index is 373. The predicted octanol–water partition coefficient (Wildman–Crippen LogP) is 2.24. The van der Waals surface area contributed by atoms with Crippen LogP contribution in [-0.2, 0) is 11.2 Å². The van der Waals surface area contributed by atoms with E-state index in [0.29, 0.717) is 17.5 Å². The molecule has 0 radical (unpaired) electrons. The molecule has 0 saturated carbocycles. The summed E-state index contributed by atoms with van der Waals surface area (Å²) in [5, 5.41) is 27.9. The second kappa shape index (κ2) is 4.88. The van der Waals surface area contributed by atoms with Gasteiger partial charge in [0.2, 0.25) is 0 Å². The summed E-state index contributed by atoms with van der Waals surface area (Å²) in [5.41, 5.74) is 1.13. The van der Waals surface area contributed by atoms with Gasteiger partial charge in [0.25, 0.3) is 0 Å². The zero-order valence-corrected chi connectivity index (χ0v) is 9.40. The van der Waals surface area contributed by atoms with Crippen LogP contribution in [0.3, 0.4) is 0 Å². The quantitative estimate of drug-likeness (QED) is 0.733. The third kappa shape index (κ3) is 2.89. The Morgan fingerprint density at radius 3 is 2.12 bits per heavy atom. The average Bonchev–Trinajstić information content (AvgIpc) is 2.12. The zero-order valence-electron chi connectivity index (χ0n) is 9.40. The molecule has 0 saturated heterocycles. The lowest BCUT2D eigenvalue weighted by Gasteiger charge is -2.12. The molecule has 0 fully saturated rings. The van der Waals surface area contributed by atoms with Crippen LogP contribution in [0.5, 0.6) is 11.5 Å². The van der Waals surface area contributed by atoms with Crippen molar-refractivity contribution in [3.05, 3.63) is 23.3 Å². The van der Waals surface area contributed by atoms with Gasteiger partial charge in [-0.25, -0.2) is 0 Å². The van der Waals surface area contributed by atoms with E-state index in [1.165, 1.54) is 12.1 Å². The molecule has 0 atom stereocenters. The first kappa shape index (κ1) is 12.4. The van der Waals surface area contributed by atoms with Gasteiger partial charge in [-0.1, -0.05) is 13.8 Å². The number of carboxylic acids is 1. The first-order valence-corrected chi connectivity index (χ1v) is 5.18. The van der Waals surface area contributed by atoms with Crippen molar-refractivity contribution in [2.45, 2.75) is 32.6 Å². The van der Waals surface area contributed by atoms with E-state index < -0.39 is 5.97 Å². The molecule has 16 heavy (non-hydrogen) atoms. The largest absolute Gasteiger partial charge is 0.508 e. The lowest BCUT2D eigenvalue weighted by Crippen LogP contribution is -1.98. The second-order valence-electron chi connectivity index (χ2n) is 4.10. The number of hydrogen-bond donors (Lipinski definition) is 3. The normalized spacial score (nSPS) is 10.7. The number of phenols is 2. The molecule has 0 spiro atoms. The minimum absolute atomic E-state index is 0.0140. The molecule has 1 aromatic carbocycles. The fourth-order valence-electron chi connectivity index (χ4n) is 1.67. The maximum atomic E-state index is 10.4. The van der Waals surface area contributed by atoms with Crippen molar-refractivity contribution in [2.24, 2.45) is 0 Å². The number of hydrogen-bond acceptors (Lipinski definition) is 3. The Kier molecular flexibility index (Phi) is 3.77. The number of phenolic OH excluding ortho intramolecular Hbond substituents is 2. The van der Waals surface area contributed by atoms with Crippen molar-refractivity contribution >= 4 is 5.97 Å². The van der Waals surface area contributed by atoms with Gasteiger partial charge in [0, 0.05) is 12.0 Å². The van der Waals surface area contributed by atoms with Crippen molar-refractivity contribution in [1.29, 1.82) is 0 Å². The van der Waals surface area contributed by atoms with Crippen molar-refractivity contribution < 1.29 is 20.1 Å². The summed E-state index contributed by atoms with van der Waals surface area (Å²) in [5.74, 6) is -0.828. The SMILES string of the molecule is CC(C)c1c(O)cc(CCC(=O)O)cc1O. The minimum atomic E-state index is -0.896. The summed E-state index contributed by atoms with van der Waals surface area (Å²) in [6.45, 7) is 3.73. The summed E-state index contributed by atoms with van der Waals surface area (Å²) in [6.07, 6.45) is 0.286. The van der Waals surface area contributed by atoms with Crippen LogP contribution in [0.2, 0.25) is 0 Å². The first-order valence-electron chi connectivity index (χ1n) is 5.18. The van der Waals surface area contributed by atoms with E-state index in [9.17, 15) is 15.0 Å². The smallest absolute Gasteiger partial charge is 0.303 e. The number of aromatic hydroxyl groups is 2. The predicted molar refractivity (Wildman–Crippen MR) is 59.8 cm³/mol. The Balaban J connectivity index is 2.96. The van der Waals surface area contributed by atoms with Crippen LogP contribution in [0.25, 0.3) is 0 Å². The van der Waals surface area contributed by atoms with Crippen LogP contribution in [0.4, 0.5) is 0 Å². The third-order valence-electron chi connectivity index (χ3n) is 2.40. The Morgan fingerprint density at radius 2 is 1.75 bits per heavy atom.